The minimum absolute atomic E-state index is 0.0828. The Bertz CT molecular complexity index is 511. The normalized spacial score (nSPS) is 10.9. The van der Waals surface area contributed by atoms with Crippen LogP contribution in [-0.2, 0) is 14.6 Å². The van der Waals surface area contributed by atoms with Crippen LogP contribution in [0.5, 0.6) is 0 Å². The first kappa shape index (κ1) is 20.6. The topological polar surface area (TPSA) is 80.5 Å². The number of amides is 1. The van der Waals surface area contributed by atoms with Crippen LogP contribution < -0.4 is 5.73 Å². The third-order valence-corrected chi connectivity index (χ3v) is 4.84. The van der Waals surface area contributed by atoms with Crippen molar-refractivity contribution < 1.29 is 13.2 Å². The Labute approximate surface area is 134 Å². The summed E-state index contributed by atoms with van der Waals surface area (Å²) in [7, 11) is -3.13. The molecule has 0 aromatic heterocycles. The third-order valence-electron chi connectivity index (χ3n) is 3.21. The first-order chi connectivity index (χ1) is 10.3. The number of primary amides is 1. The van der Waals surface area contributed by atoms with E-state index in [1.165, 1.54) is 5.56 Å². The van der Waals surface area contributed by atoms with Gasteiger partial charge in [0, 0.05) is 13.0 Å². The van der Waals surface area contributed by atoms with Crippen LogP contribution in [0.3, 0.4) is 0 Å². The summed E-state index contributed by atoms with van der Waals surface area (Å²) in [5, 5.41) is 0. The summed E-state index contributed by atoms with van der Waals surface area (Å²) in [5.41, 5.74) is 6.22. The molecule has 1 aromatic rings. The molecule has 1 amide bonds. The Morgan fingerprint density at radius 2 is 1.64 bits per heavy atom. The molecular weight excluding hydrogens is 300 g/mol. The van der Waals surface area contributed by atoms with Crippen LogP contribution in [0.1, 0.15) is 25.8 Å². The molecule has 6 heteroatoms. The Morgan fingerprint density at radius 3 is 2.00 bits per heavy atom. The minimum atomic E-state index is -3.13. The van der Waals surface area contributed by atoms with Gasteiger partial charge in [0.2, 0.25) is 5.91 Å². The maximum absolute atomic E-state index is 11.4. The van der Waals surface area contributed by atoms with Crippen LogP contribution in [0.25, 0.3) is 0 Å². The molecule has 0 bridgehead atoms. The van der Waals surface area contributed by atoms with Gasteiger partial charge in [-0.25, -0.2) is 8.42 Å². The highest BCUT2D eigenvalue weighted by Crippen LogP contribution is 1.96. The molecule has 0 fully saturated rings. The fourth-order valence-corrected chi connectivity index (χ4v) is 2.95. The van der Waals surface area contributed by atoms with Gasteiger partial charge < -0.3 is 10.6 Å². The molecule has 0 aliphatic carbocycles. The molecular formula is C16H28N2O3S. The number of nitrogens with zero attached hydrogens (tertiary/aromatic N) is 1. The molecule has 1 aromatic carbocycles. The average Bonchev–Trinajstić information content (AvgIpc) is 2.48. The molecule has 5 nitrogen and oxygen atoms in total. The molecule has 126 valence electrons. The highest BCUT2D eigenvalue weighted by Gasteiger charge is 2.13. The molecule has 0 saturated carbocycles. The number of hydrogen-bond donors (Lipinski definition) is 1. The zero-order valence-electron chi connectivity index (χ0n) is 13.8. The Kier molecular flexibility index (Phi) is 10.5. The van der Waals surface area contributed by atoms with Gasteiger partial charge in [0.15, 0.2) is 9.84 Å². The van der Waals surface area contributed by atoms with E-state index in [9.17, 15) is 13.2 Å². The average molecular weight is 328 g/mol. The van der Waals surface area contributed by atoms with Crippen molar-refractivity contribution in [3.63, 3.8) is 0 Å². The van der Waals surface area contributed by atoms with Crippen LogP contribution in [0.15, 0.2) is 30.3 Å². The van der Waals surface area contributed by atoms with Crippen LogP contribution in [0.4, 0.5) is 0 Å². The quantitative estimate of drug-likeness (QED) is 0.786. The predicted molar refractivity (Wildman–Crippen MR) is 91.4 cm³/mol. The van der Waals surface area contributed by atoms with Crippen molar-refractivity contribution >= 4 is 15.7 Å². The number of aryl methyl sites for hydroxylation is 1. The second-order valence-electron chi connectivity index (χ2n) is 5.05. The fraction of sp³-hybridized carbons (Fsp3) is 0.562. The number of sulfone groups is 1. The molecule has 0 saturated heterocycles. The van der Waals surface area contributed by atoms with E-state index in [0.29, 0.717) is 6.54 Å². The van der Waals surface area contributed by atoms with Crippen molar-refractivity contribution in [3.8, 4) is 0 Å². The van der Waals surface area contributed by atoms with Gasteiger partial charge in [-0.05, 0) is 20.0 Å². The molecule has 0 radical (unpaired) electrons. The second-order valence-corrected chi connectivity index (χ2v) is 7.35. The molecule has 0 atom stereocenters. The fourth-order valence-electron chi connectivity index (χ4n) is 1.70. The van der Waals surface area contributed by atoms with Crippen LogP contribution in [0.2, 0.25) is 0 Å². The maximum atomic E-state index is 11.4. The Balaban J connectivity index is 0.000000518. The lowest BCUT2D eigenvalue weighted by atomic mass is 10.2. The van der Waals surface area contributed by atoms with Crippen molar-refractivity contribution in [2.24, 2.45) is 5.73 Å². The zero-order valence-corrected chi connectivity index (χ0v) is 14.6. The lowest BCUT2D eigenvalue weighted by Crippen LogP contribution is -2.30. The van der Waals surface area contributed by atoms with Crippen LogP contribution in [0, 0.1) is 6.92 Å². The lowest BCUT2D eigenvalue weighted by Gasteiger charge is -2.17. The van der Waals surface area contributed by atoms with Gasteiger partial charge in [-0.2, -0.15) is 0 Å². The number of benzene rings is 1. The second kappa shape index (κ2) is 11.2. The number of carbonyl (C=O) groups excluding carboxylic acids is 1. The summed E-state index contributed by atoms with van der Waals surface area (Å²) >= 11 is 0. The maximum Gasteiger partial charge on any atom is 0.218 e. The van der Waals surface area contributed by atoms with Gasteiger partial charge in [0.1, 0.15) is 0 Å². The van der Waals surface area contributed by atoms with E-state index in [2.05, 4.69) is 19.1 Å². The number of nitrogens with two attached hydrogens (primary N) is 1. The molecule has 1 rings (SSSR count). The molecule has 0 aliphatic heterocycles. The standard InChI is InChI=1S/C9H20N2O3S.C7H8/c1-3-11(4-2)6-8-15(13,14)7-5-9(10)12;1-7-5-3-2-4-6-7/h3-8H2,1-2H3,(H2,10,12);2-6H,1H3. The molecule has 0 heterocycles. The summed E-state index contributed by atoms with van der Waals surface area (Å²) in [6.45, 7) is 8.25. The predicted octanol–water partition coefficient (Wildman–Crippen LogP) is 1.61. The highest BCUT2D eigenvalue weighted by atomic mass is 32.2. The van der Waals surface area contributed by atoms with Crippen molar-refractivity contribution in [3.05, 3.63) is 35.9 Å². The van der Waals surface area contributed by atoms with E-state index in [1.807, 2.05) is 36.9 Å². The van der Waals surface area contributed by atoms with Crippen molar-refractivity contribution in [1.29, 1.82) is 0 Å². The molecule has 0 aliphatic rings. The van der Waals surface area contributed by atoms with Gasteiger partial charge in [0.25, 0.3) is 0 Å². The third kappa shape index (κ3) is 11.3. The van der Waals surface area contributed by atoms with E-state index in [0.717, 1.165) is 13.1 Å². The van der Waals surface area contributed by atoms with Crippen LogP contribution >= 0.6 is 0 Å². The van der Waals surface area contributed by atoms with Gasteiger partial charge in [-0.1, -0.05) is 49.7 Å². The minimum Gasteiger partial charge on any atom is -0.370 e. The van der Waals surface area contributed by atoms with E-state index in [1.54, 1.807) is 0 Å². The van der Waals surface area contributed by atoms with Gasteiger partial charge in [-0.3, -0.25) is 4.79 Å². The van der Waals surface area contributed by atoms with Crippen molar-refractivity contribution in [2.45, 2.75) is 27.2 Å². The van der Waals surface area contributed by atoms with Gasteiger partial charge in [0.05, 0.1) is 11.5 Å². The molecule has 0 unspecified atom stereocenters. The Morgan fingerprint density at radius 1 is 1.09 bits per heavy atom. The van der Waals surface area contributed by atoms with Gasteiger partial charge in [-0.15, -0.1) is 0 Å². The highest BCUT2D eigenvalue weighted by molar-refractivity contribution is 7.91. The number of carbonyl (C=O) groups is 1. The zero-order chi connectivity index (χ0) is 17.0. The van der Waals surface area contributed by atoms with E-state index in [-0.39, 0.29) is 17.9 Å². The molecule has 22 heavy (non-hydrogen) atoms. The van der Waals surface area contributed by atoms with Crippen molar-refractivity contribution in [1.82, 2.24) is 4.90 Å². The lowest BCUT2D eigenvalue weighted by molar-refractivity contribution is -0.117. The van der Waals surface area contributed by atoms with Crippen LogP contribution in [-0.4, -0.2) is 50.4 Å². The SMILES string of the molecule is CCN(CC)CCS(=O)(=O)CCC(N)=O.Cc1ccccc1. The first-order valence-electron chi connectivity index (χ1n) is 7.53. The summed E-state index contributed by atoms with van der Waals surface area (Å²) in [5.74, 6) is -0.604. The number of rotatable bonds is 8. The summed E-state index contributed by atoms with van der Waals surface area (Å²) in [4.78, 5) is 12.5. The largest absolute Gasteiger partial charge is 0.370 e. The smallest absolute Gasteiger partial charge is 0.218 e. The van der Waals surface area contributed by atoms with Gasteiger partial charge >= 0.3 is 0 Å². The molecule has 0 spiro atoms. The number of hydrogen-bond acceptors (Lipinski definition) is 4. The summed E-state index contributed by atoms with van der Waals surface area (Å²) in [6, 6.07) is 10.3. The molecule has 2 N–H and O–H groups in total. The Hall–Kier alpha value is -1.40. The summed E-state index contributed by atoms with van der Waals surface area (Å²) < 4.78 is 22.9. The van der Waals surface area contributed by atoms with Crippen molar-refractivity contribution in [2.75, 3.05) is 31.1 Å². The first-order valence-corrected chi connectivity index (χ1v) is 9.35. The van der Waals surface area contributed by atoms with E-state index in [4.69, 9.17) is 5.73 Å². The summed E-state index contributed by atoms with van der Waals surface area (Å²) in [6.07, 6.45) is -0.0828. The van der Waals surface area contributed by atoms with E-state index >= 15 is 0 Å². The van der Waals surface area contributed by atoms with E-state index < -0.39 is 15.7 Å². The monoisotopic (exact) mass is 328 g/mol.